The van der Waals surface area contributed by atoms with Crippen molar-refractivity contribution in [2.24, 2.45) is 35.0 Å². The van der Waals surface area contributed by atoms with Crippen molar-refractivity contribution in [2.75, 3.05) is 39.3 Å². The van der Waals surface area contributed by atoms with Crippen molar-refractivity contribution in [3.05, 3.63) is 0 Å². The van der Waals surface area contributed by atoms with Crippen molar-refractivity contribution < 1.29 is 26.3 Å². The van der Waals surface area contributed by atoms with E-state index in [4.69, 9.17) is 11.6 Å². The molecule has 1 saturated carbocycles. The van der Waals surface area contributed by atoms with Gasteiger partial charge in [-0.15, -0.1) is 11.6 Å². The molecule has 2 heterocycles. The molecule has 1 amide bonds. The van der Waals surface area contributed by atoms with Crippen LogP contribution >= 0.6 is 11.6 Å². The molecule has 3 rings (SSSR count). The highest BCUT2D eigenvalue weighted by molar-refractivity contribution is 6.20. The minimum atomic E-state index is -0.0358. The van der Waals surface area contributed by atoms with E-state index < -0.39 is 0 Å². The zero-order valence-electron chi connectivity index (χ0n) is 21.7. The second kappa shape index (κ2) is 16.4. The Bertz CT molecular complexity index is 587. The predicted molar refractivity (Wildman–Crippen MR) is 146 cm³/mol. The number of aliphatic hydroxyl groups is 1. The summed E-state index contributed by atoms with van der Waals surface area (Å²) in [7, 11) is 0. The normalized spacial score (nSPS) is 31.6. The lowest BCUT2D eigenvalue weighted by Gasteiger charge is -2.49. The number of nitrogens with zero attached hydrogens (tertiary/aromatic N) is 1. The molecule has 9 N–H and O–H groups in total. The maximum absolute atomic E-state index is 13.0. The Morgan fingerprint density at radius 1 is 1.11 bits per heavy atom. The molecule has 4 atom stereocenters. The van der Waals surface area contributed by atoms with Crippen LogP contribution in [0.5, 0.6) is 0 Å². The summed E-state index contributed by atoms with van der Waals surface area (Å²) in [5.41, 5.74) is 0.301. The van der Waals surface area contributed by atoms with Crippen LogP contribution in [0.25, 0.3) is 0 Å². The molecule has 8 nitrogen and oxygen atoms in total. The lowest BCUT2D eigenvalue weighted by atomic mass is 9.64. The highest BCUT2D eigenvalue weighted by atomic mass is 35.5. The summed E-state index contributed by atoms with van der Waals surface area (Å²) in [6.07, 6.45) is 6.97. The minimum absolute atomic E-state index is 0. The molecule has 9 heteroatoms. The Balaban J connectivity index is 0. The van der Waals surface area contributed by atoms with Crippen molar-refractivity contribution >= 4 is 17.5 Å². The van der Waals surface area contributed by atoms with Gasteiger partial charge in [0.1, 0.15) is 0 Å². The lowest BCUT2D eigenvalue weighted by molar-refractivity contribution is -0.127. The first-order chi connectivity index (χ1) is 14.7. The number of hydrogen-bond donors (Lipinski definition) is 3. The second-order valence-electron chi connectivity index (χ2n) is 11.6. The molecular weight excluding hydrogens is 470 g/mol. The zero-order chi connectivity index (χ0) is 22.6. The monoisotopic (exact) mass is 525 g/mol. The van der Waals surface area contributed by atoms with E-state index in [1.165, 1.54) is 32.1 Å². The van der Waals surface area contributed by atoms with E-state index in [1.807, 2.05) is 0 Å². The molecule has 3 aliphatic rings. The minimum Gasteiger partial charge on any atom is -0.412 e. The number of piperidine rings is 2. The number of rotatable bonds is 7. The summed E-state index contributed by atoms with van der Waals surface area (Å²) in [6.45, 7) is 14.2. The van der Waals surface area contributed by atoms with Crippen LogP contribution in [0.15, 0.2) is 0 Å². The van der Waals surface area contributed by atoms with Gasteiger partial charge in [-0.25, -0.2) is 0 Å². The lowest BCUT2D eigenvalue weighted by Crippen LogP contribution is -2.55. The van der Waals surface area contributed by atoms with Gasteiger partial charge in [-0.2, -0.15) is 0 Å². The number of amides is 1. The van der Waals surface area contributed by atoms with Crippen LogP contribution in [0, 0.1) is 35.0 Å². The Morgan fingerprint density at radius 2 is 1.74 bits per heavy atom. The topological polar surface area (TPSA) is 159 Å². The standard InChI is InChI=1S/C25H46ClN3O2.CH4.3H2O/c1-17(2)23(28-24(31)20-11-18(15-30)12-27-13-20)14-29-10-9-22(25(3,4)16-29)19-5-7-21(26)8-6-19;;;;/h17-23,27,30H,5-16H2,1-4H3,(H,28,31);1H4;3*1H2/t18?,19?,20?,21?,22?,23-;;;;/m0..../s1. The van der Waals surface area contributed by atoms with Gasteiger partial charge in [0.2, 0.25) is 5.91 Å². The van der Waals surface area contributed by atoms with Gasteiger partial charge >= 0.3 is 0 Å². The molecule has 35 heavy (non-hydrogen) atoms. The summed E-state index contributed by atoms with van der Waals surface area (Å²) < 4.78 is 0. The highest BCUT2D eigenvalue weighted by Crippen LogP contribution is 2.45. The van der Waals surface area contributed by atoms with Crippen molar-refractivity contribution in [1.29, 1.82) is 0 Å². The maximum atomic E-state index is 13.0. The fourth-order valence-corrected chi connectivity index (χ4v) is 6.62. The Labute approximate surface area is 218 Å². The second-order valence-corrected chi connectivity index (χ2v) is 12.2. The van der Waals surface area contributed by atoms with Crippen LogP contribution in [-0.4, -0.2) is 83.1 Å². The van der Waals surface area contributed by atoms with Crippen LogP contribution in [0.2, 0.25) is 0 Å². The van der Waals surface area contributed by atoms with Gasteiger partial charge in [-0.1, -0.05) is 35.1 Å². The number of carbonyl (C=O) groups excluding carboxylic acids is 1. The third kappa shape index (κ3) is 10.1. The smallest absolute Gasteiger partial charge is 0.224 e. The van der Waals surface area contributed by atoms with Gasteiger partial charge in [0.25, 0.3) is 0 Å². The molecule has 1 aliphatic carbocycles. The van der Waals surface area contributed by atoms with E-state index >= 15 is 0 Å². The average molecular weight is 526 g/mol. The Hall–Kier alpha value is -0.480. The van der Waals surface area contributed by atoms with E-state index in [-0.39, 0.29) is 54.2 Å². The molecule has 0 radical (unpaired) electrons. The largest absolute Gasteiger partial charge is 0.412 e. The van der Waals surface area contributed by atoms with Crippen molar-refractivity contribution in [3.8, 4) is 0 Å². The molecule has 0 aromatic rings. The van der Waals surface area contributed by atoms with Crippen molar-refractivity contribution in [1.82, 2.24) is 15.5 Å². The number of halogens is 1. The summed E-state index contributed by atoms with van der Waals surface area (Å²) in [5, 5.41) is 16.5. The fourth-order valence-electron chi connectivity index (χ4n) is 6.37. The van der Waals surface area contributed by atoms with Crippen LogP contribution in [0.1, 0.15) is 73.6 Å². The van der Waals surface area contributed by atoms with E-state index in [9.17, 15) is 9.90 Å². The first kappa shape index (κ1) is 36.7. The third-order valence-corrected chi connectivity index (χ3v) is 8.76. The van der Waals surface area contributed by atoms with E-state index in [2.05, 4.69) is 43.2 Å². The molecule has 2 saturated heterocycles. The zero-order valence-corrected chi connectivity index (χ0v) is 22.5. The summed E-state index contributed by atoms with van der Waals surface area (Å²) in [5.74, 6) is 2.31. The summed E-state index contributed by atoms with van der Waals surface area (Å²) in [6, 6.07) is 0.168. The molecule has 3 fully saturated rings. The highest BCUT2D eigenvalue weighted by Gasteiger charge is 2.41. The molecule has 2 aliphatic heterocycles. The van der Waals surface area contributed by atoms with Crippen molar-refractivity contribution in [3.63, 3.8) is 0 Å². The number of alkyl halides is 1. The first-order valence-corrected chi connectivity index (χ1v) is 13.1. The maximum Gasteiger partial charge on any atom is 0.224 e. The number of hydrogen-bond acceptors (Lipinski definition) is 4. The van der Waals surface area contributed by atoms with Gasteiger partial charge in [0.05, 0.1) is 5.92 Å². The number of carbonyl (C=O) groups is 1. The average Bonchev–Trinajstić information content (AvgIpc) is 2.73. The SMILES string of the molecule is C.CC(C)[C@H](CN1CCC(C2CCC(Cl)CC2)C(C)(C)C1)NC(=O)C1CNCC(CO)C1.O.O.O. The quantitative estimate of drug-likeness (QED) is 0.431. The molecule has 212 valence electrons. The van der Waals surface area contributed by atoms with Gasteiger partial charge in [-0.3, -0.25) is 4.79 Å². The Morgan fingerprint density at radius 3 is 2.29 bits per heavy atom. The van der Waals surface area contributed by atoms with Gasteiger partial charge < -0.3 is 37.1 Å². The van der Waals surface area contributed by atoms with Crippen LogP contribution < -0.4 is 10.6 Å². The number of likely N-dealkylation sites (tertiary alicyclic amines) is 1. The molecule has 0 bridgehead atoms. The first-order valence-electron chi connectivity index (χ1n) is 12.7. The van der Waals surface area contributed by atoms with Gasteiger partial charge in [0, 0.05) is 44.2 Å². The van der Waals surface area contributed by atoms with E-state index in [1.54, 1.807) is 0 Å². The van der Waals surface area contributed by atoms with Crippen molar-refractivity contribution in [2.45, 2.75) is 85.1 Å². The Kier molecular flexibility index (Phi) is 17.2. The molecule has 0 aromatic heterocycles. The number of aliphatic hydroxyl groups excluding tert-OH is 1. The molecule has 3 unspecified atom stereocenters. The summed E-state index contributed by atoms with van der Waals surface area (Å²) in [4.78, 5) is 15.6. The molecular formula is C26H56ClN3O5. The van der Waals surface area contributed by atoms with Gasteiger partial charge in [0.15, 0.2) is 0 Å². The van der Waals surface area contributed by atoms with Crippen LogP contribution in [0.4, 0.5) is 0 Å². The van der Waals surface area contributed by atoms with Gasteiger partial charge in [-0.05, 0) is 74.2 Å². The van der Waals surface area contributed by atoms with E-state index in [0.29, 0.717) is 16.7 Å². The summed E-state index contributed by atoms with van der Waals surface area (Å²) >= 11 is 6.36. The molecule has 0 aromatic carbocycles. The fraction of sp³-hybridized carbons (Fsp3) is 0.962. The van der Waals surface area contributed by atoms with Crippen LogP contribution in [-0.2, 0) is 4.79 Å². The molecule has 0 spiro atoms. The third-order valence-electron chi connectivity index (χ3n) is 8.32. The van der Waals surface area contributed by atoms with Crippen LogP contribution in [0.3, 0.4) is 0 Å². The predicted octanol–water partition coefficient (Wildman–Crippen LogP) is 1.65. The number of nitrogens with one attached hydrogen (secondary N) is 2. The van der Waals surface area contributed by atoms with E-state index in [0.717, 1.165) is 51.0 Å².